The highest BCUT2D eigenvalue weighted by Gasteiger charge is 2.15. The van der Waals surface area contributed by atoms with Crippen molar-refractivity contribution in [2.75, 3.05) is 17.2 Å². The third-order valence-electron chi connectivity index (χ3n) is 2.99. The molecule has 1 heterocycles. The highest BCUT2D eigenvalue weighted by molar-refractivity contribution is 6.35. The summed E-state index contributed by atoms with van der Waals surface area (Å²) in [5, 5.41) is 7.73. The van der Waals surface area contributed by atoms with Gasteiger partial charge < -0.3 is 10.6 Å². The van der Waals surface area contributed by atoms with Crippen molar-refractivity contribution < 1.29 is 0 Å². The van der Waals surface area contributed by atoms with Crippen LogP contribution in [0.1, 0.15) is 32.3 Å². The molecule has 0 radical (unpaired) electrons. The second-order valence-electron chi connectivity index (χ2n) is 4.92. The molecular formula is C15H18Cl2N4. The molecule has 0 aliphatic carbocycles. The van der Waals surface area contributed by atoms with Gasteiger partial charge in [-0.15, -0.1) is 0 Å². The van der Waals surface area contributed by atoms with Crippen molar-refractivity contribution in [3.05, 3.63) is 40.1 Å². The van der Waals surface area contributed by atoms with E-state index in [1.165, 1.54) is 6.33 Å². The van der Waals surface area contributed by atoms with Crippen LogP contribution < -0.4 is 10.6 Å². The largest absolute Gasteiger partial charge is 0.370 e. The van der Waals surface area contributed by atoms with E-state index in [9.17, 15) is 0 Å². The highest BCUT2D eigenvalue weighted by Crippen LogP contribution is 2.33. The first-order valence-electron chi connectivity index (χ1n) is 6.83. The van der Waals surface area contributed by atoms with E-state index in [1.807, 2.05) is 6.92 Å². The number of hydrogen-bond acceptors (Lipinski definition) is 4. The van der Waals surface area contributed by atoms with Crippen molar-refractivity contribution in [2.24, 2.45) is 0 Å². The molecule has 6 heteroatoms. The Morgan fingerprint density at radius 1 is 1.14 bits per heavy atom. The van der Waals surface area contributed by atoms with E-state index in [2.05, 4.69) is 34.4 Å². The molecule has 112 valence electrons. The van der Waals surface area contributed by atoms with Crippen LogP contribution in [0.5, 0.6) is 0 Å². The molecule has 0 spiro atoms. The fourth-order valence-corrected chi connectivity index (χ4v) is 2.41. The predicted molar refractivity (Wildman–Crippen MR) is 90.0 cm³/mol. The van der Waals surface area contributed by atoms with Crippen LogP contribution in [0.25, 0.3) is 0 Å². The zero-order chi connectivity index (χ0) is 15.4. The first-order valence-corrected chi connectivity index (χ1v) is 7.59. The normalized spacial score (nSPS) is 10.8. The van der Waals surface area contributed by atoms with Gasteiger partial charge in [0.15, 0.2) is 0 Å². The molecule has 2 rings (SSSR count). The van der Waals surface area contributed by atoms with Crippen molar-refractivity contribution in [3.63, 3.8) is 0 Å². The van der Waals surface area contributed by atoms with Crippen LogP contribution in [0.4, 0.5) is 17.3 Å². The summed E-state index contributed by atoms with van der Waals surface area (Å²) in [5.74, 6) is 1.84. The van der Waals surface area contributed by atoms with Crippen LogP contribution >= 0.6 is 23.2 Å². The second-order valence-corrected chi connectivity index (χ2v) is 5.76. The summed E-state index contributed by atoms with van der Waals surface area (Å²) in [6.45, 7) is 7.04. The van der Waals surface area contributed by atoms with Crippen LogP contribution in [-0.4, -0.2) is 16.5 Å². The van der Waals surface area contributed by atoms with E-state index in [0.29, 0.717) is 10.0 Å². The Morgan fingerprint density at radius 3 is 2.52 bits per heavy atom. The van der Waals surface area contributed by atoms with Gasteiger partial charge in [0.2, 0.25) is 0 Å². The molecule has 0 aliphatic rings. The second kappa shape index (κ2) is 6.96. The van der Waals surface area contributed by atoms with Gasteiger partial charge in [-0.05, 0) is 31.0 Å². The standard InChI is InChI=1S/C15H18Cl2N4/c1-4-18-14-13(9(2)3)15(20-8-19-14)21-12-7-10(16)5-6-11(12)17/h5-9H,4H2,1-3H3,(H2,18,19,20,21). The maximum absolute atomic E-state index is 6.20. The summed E-state index contributed by atoms with van der Waals surface area (Å²) in [6, 6.07) is 5.29. The molecule has 2 aromatic rings. The summed E-state index contributed by atoms with van der Waals surface area (Å²) in [7, 11) is 0. The average Bonchev–Trinajstić information content (AvgIpc) is 2.43. The van der Waals surface area contributed by atoms with Gasteiger partial charge in [0.05, 0.1) is 10.7 Å². The summed E-state index contributed by atoms with van der Waals surface area (Å²) in [5.41, 5.74) is 1.75. The Bertz CT molecular complexity index is 629. The lowest BCUT2D eigenvalue weighted by molar-refractivity contribution is 0.849. The molecule has 0 saturated heterocycles. The number of rotatable bonds is 5. The molecule has 21 heavy (non-hydrogen) atoms. The van der Waals surface area contributed by atoms with Gasteiger partial charge in [-0.25, -0.2) is 9.97 Å². The lowest BCUT2D eigenvalue weighted by atomic mass is 10.0. The maximum atomic E-state index is 6.20. The van der Waals surface area contributed by atoms with Crippen molar-refractivity contribution in [3.8, 4) is 0 Å². The minimum atomic E-state index is 0.265. The summed E-state index contributed by atoms with van der Waals surface area (Å²) >= 11 is 12.2. The number of hydrogen-bond donors (Lipinski definition) is 2. The van der Waals surface area contributed by atoms with Gasteiger partial charge in [0, 0.05) is 17.1 Å². The molecule has 0 unspecified atom stereocenters. The molecule has 4 nitrogen and oxygen atoms in total. The van der Waals surface area contributed by atoms with Gasteiger partial charge in [-0.3, -0.25) is 0 Å². The van der Waals surface area contributed by atoms with E-state index < -0.39 is 0 Å². The average molecular weight is 325 g/mol. The highest BCUT2D eigenvalue weighted by atomic mass is 35.5. The number of halogens is 2. The fourth-order valence-electron chi connectivity index (χ4n) is 2.07. The Labute approximate surface area is 134 Å². The molecular weight excluding hydrogens is 307 g/mol. The molecule has 2 N–H and O–H groups in total. The monoisotopic (exact) mass is 324 g/mol. The van der Waals surface area contributed by atoms with Crippen LogP contribution in [0, 0.1) is 0 Å². The molecule has 1 aromatic carbocycles. The van der Waals surface area contributed by atoms with Gasteiger partial charge in [-0.1, -0.05) is 37.0 Å². The molecule has 0 fully saturated rings. The predicted octanol–water partition coefficient (Wildman–Crippen LogP) is 5.08. The summed E-state index contributed by atoms with van der Waals surface area (Å²) in [4.78, 5) is 8.66. The van der Waals surface area contributed by atoms with E-state index in [4.69, 9.17) is 23.2 Å². The molecule has 0 atom stereocenters. The van der Waals surface area contributed by atoms with Crippen LogP contribution in [0.2, 0.25) is 10.0 Å². The minimum Gasteiger partial charge on any atom is -0.370 e. The molecule has 0 bridgehead atoms. The summed E-state index contributed by atoms with van der Waals surface area (Å²) in [6.07, 6.45) is 1.53. The number of benzene rings is 1. The maximum Gasteiger partial charge on any atom is 0.139 e. The minimum absolute atomic E-state index is 0.265. The van der Waals surface area contributed by atoms with Crippen LogP contribution in [0.3, 0.4) is 0 Å². The van der Waals surface area contributed by atoms with E-state index in [-0.39, 0.29) is 5.92 Å². The fraction of sp³-hybridized carbons (Fsp3) is 0.333. The number of nitrogens with zero attached hydrogens (tertiary/aromatic N) is 2. The Balaban J connectivity index is 2.43. The Hall–Kier alpha value is -1.52. The smallest absolute Gasteiger partial charge is 0.139 e. The zero-order valence-electron chi connectivity index (χ0n) is 12.2. The topological polar surface area (TPSA) is 49.8 Å². The number of aromatic nitrogens is 2. The molecule has 0 amide bonds. The van der Waals surface area contributed by atoms with Gasteiger partial charge >= 0.3 is 0 Å². The van der Waals surface area contributed by atoms with Crippen molar-refractivity contribution in [1.82, 2.24) is 9.97 Å². The third kappa shape index (κ3) is 3.77. The van der Waals surface area contributed by atoms with Gasteiger partial charge in [0.25, 0.3) is 0 Å². The molecule has 0 saturated carbocycles. The van der Waals surface area contributed by atoms with Gasteiger partial charge in [-0.2, -0.15) is 0 Å². The molecule has 0 aliphatic heterocycles. The zero-order valence-corrected chi connectivity index (χ0v) is 13.8. The quantitative estimate of drug-likeness (QED) is 0.804. The lowest BCUT2D eigenvalue weighted by Gasteiger charge is -2.18. The van der Waals surface area contributed by atoms with E-state index in [1.54, 1.807) is 18.2 Å². The SMILES string of the molecule is CCNc1ncnc(Nc2cc(Cl)ccc2Cl)c1C(C)C. The Kier molecular flexibility index (Phi) is 5.26. The van der Waals surface area contributed by atoms with Crippen molar-refractivity contribution in [2.45, 2.75) is 26.7 Å². The first kappa shape index (κ1) is 15.9. The number of nitrogens with one attached hydrogen (secondary N) is 2. The van der Waals surface area contributed by atoms with Crippen LogP contribution in [0.15, 0.2) is 24.5 Å². The summed E-state index contributed by atoms with van der Waals surface area (Å²) < 4.78 is 0. The van der Waals surface area contributed by atoms with Crippen molar-refractivity contribution >= 4 is 40.5 Å². The lowest BCUT2D eigenvalue weighted by Crippen LogP contribution is -2.09. The first-order chi connectivity index (χ1) is 10.0. The van der Waals surface area contributed by atoms with E-state index >= 15 is 0 Å². The third-order valence-corrected chi connectivity index (χ3v) is 3.55. The number of anilines is 3. The van der Waals surface area contributed by atoms with Gasteiger partial charge in [0.1, 0.15) is 18.0 Å². The Morgan fingerprint density at radius 2 is 1.86 bits per heavy atom. The molecule has 1 aromatic heterocycles. The van der Waals surface area contributed by atoms with Crippen LogP contribution in [-0.2, 0) is 0 Å². The van der Waals surface area contributed by atoms with Crippen molar-refractivity contribution in [1.29, 1.82) is 0 Å². The van der Waals surface area contributed by atoms with E-state index in [0.717, 1.165) is 29.4 Å².